The number of hydrogen-bond acceptors (Lipinski definition) is 4. The van der Waals surface area contributed by atoms with E-state index in [0.717, 1.165) is 23.5 Å². The molecular weight excluding hydrogens is 282 g/mol. The van der Waals surface area contributed by atoms with Crippen molar-refractivity contribution in [3.05, 3.63) is 34.9 Å². The molecule has 0 unspecified atom stereocenters. The largest absolute Gasteiger partial charge is 0.362 e. The van der Waals surface area contributed by atoms with Gasteiger partial charge in [-0.2, -0.15) is 10.2 Å². The molecule has 0 saturated heterocycles. The van der Waals surface area contributed by atoms with Crippen LogP contribution in [-0.4, -0.2) is 44.5 Å². The average molecular weight is 305 g/mol. The zero-order chi connectivity index (χ0) is 16.3. The average Bonchev–Trinajstić information content (AvgIpc) is 3.06. The summed E-state index contributed by atoms with van der Waals surface area (Å²) >= 11 is 0. The van der Waals surface area contributed by atoms with Crippen molar-refractivity contribution < 1.29 is 9.53 Å². The fourth-order valence-electron chi connectivity index (χ4n) is 2.46. The molecule has 0 fully saturated rings. The molecule has 0 spiro atoms. The molecule has 2 aromatic rings. The van der Waals surface area contributed by atoms with Gasteiger partial charge in [-0.05, 0) is 26.8 Å². The van der Waals surface area contributed by atoms with Crippen LogP contribution in [-0.2, 0) is 24.6 Å². The number of aryl methyl sites for hydroxylation is 2. The minimum Gasteiger partial charge on any atom is -0.362 e. The van der Waals surface area contributed by atoms with E-state index in [0.29, 0.717) is 19.0 Å². The van der Waals surface area contributed by atoms with Gasteiger partial charge in [0.15, 0.2) is 0 Å². The number of rotatable bonds is 6. The van der Waals surface area contributed by atoms with E-state index < -0.39 is 0 Å². The Morgan fingerprint density at radius 2 is 2.09 bits per heavy atom. The Kier molecular flexibility index (Phi) is 4.97. The van der Waals surface area contributed by atoms with Crippen molar-refractivity contribution in [2.75, 3.05) is 14.2 Å². The number of nitrogens with zero attached hydrogens (tertiary/aromatic N) is 5. The van der Waals surface area contributed by atoms with Gasteiger partial charge in [0, 0.05) is 44.7 Å². The standard InChI is InChI=1S/C15H23N5O2/c1-6-20-12(3)13(11(2)16-20)9-18(4)15(21)14-7-8-19(17-14)10-22-5/h7-8H,6,9-10H2,1-5H3. The molecule has 2 aromatic heterocycles. The summed E-state index contributed by atoms with van der Waals surface area (Å²) < 4.78 is 8.53. The quantitative estimate of drug-likeness (QED) is 0.813. The van der Waals surface area contributed by atoms with Crippen LogP contribution in [0.2, 0.25) is 0 Å². The van der Waals surface area contributed by atoms with Crippen molar-refractivity contribution in [3.63, 3.8) is 0 Å². The Morgan fingerprint density at radius 3 is 2.68 bits per heavy atom. The molecule has 7 heteroatoms. The molecule has 0 radical (unpaired) electrons. The first-order chi connectivity index (χ1) is 10.5. The summed E-state index contributed by atoms with van der Waals surface area (Å²) in [5.41, 5.74) is 3.57. The molecule has 2 heterocycles. The molecule has 0 bridgehead atoms. The van der Waals surface area contributed by atoms with E-state index in [-0.39, 0.29) is 5.91 Å². The SMILES string of the molecule is CCn1nc(C)c(CN(C)C(=O)c2ccn(COC)n2)c1C. The minimum atomic E-state index is -0.113. The van der Waals surface area contributed by atoms with Crippen LogP contribution in [0.4, 0.5) is 0 Å². The van der Waals surface area contributed by atoms with Crippen LogP contribution in [0.1, 0.15) is 34.4 Å². The summed E-state index contributed by atoms with van der Waals surface area (Å²) in [4.78, 5) is 14.1. The fraction of sp³-hybridized carbons (Fsp3) is 0.533. The van der Waals surface area contributed by atoms with Crippen molar-refractivity contribution in [3.8, 4) is 0 Å². The monoisotopic (exact) mass is 305 g/mol. The minimum absolute atomic E-state index is 0.113. The molecule has 7 nitrogen and oxygen atoms in total. The number of carbonyl (C=O) groups excluding carboxylic acids is 1. The Labute approximate surface area is 130 Å². The van der Waals surface area contributed by atoms with Gasteiger partial charge in [-0.25, -0.2) is 4.68 Å². The second-order valence-electron chi connectivity index (χ2n) is 5.28. The van der Waals surface area contributed by atoms with Gasteiger partial charge in [-0.3, -0.25) is 9.48 Å². The van der Waals surface area contributed by atoms with Gasteiger partial charge in [-0.1, -0.05) is 0 Å². The van der Waals surface area contributed by atoms with Gasteiger partial charge >= 0.3 is 0 Å². The lowest BCUT2D eigenvalue weighted by Gasteiger charge is -2.16. The summed E-state index contributed by atoms with van der Waals surface area (Å²) in [6.07, 6.45) is 1.73. The zero-order valence-electron chi connectivity index (χ0n) is 13.8. The second kappa shape index (κ2) is 6.74. The van der Waals surface area contributed by atoms with E-state index >= 15 is 0 Å². The molecular formula is C15H23N5O2. The number of aromatic nitrogens is 4. The maximum atomic E-state index is 12.4. The summed E-state index contributed by atoms with van der Waals surface area (Å²) in [5, 5.41) is 8.69. The molecule has 120 valence electrons. The summed E-state index contributed by atoms with van der Waals surface area (Å²) in [6.45, 7) is 7.74. The zero-order valence-corrected chi connectivity index (χ0v) is 13.8. The summed E-state index contributed by atoms with van der Waals surface area (Å²) in [6, 6.07) is 1.70. The van der Waals surface area contributed by atoms with Gasteiger partial charge < -0.3 is 9.64 Å². The Bertz CT molecular complexity index is 659. The van der Waals surface area contributed by atoms with Crippen LogP contribution in [0.15, 0.2) is 12.3 Å². The normalized spacial score (nSPS) is 11.0. The first kappa shape index (κ1) is 16.2. The number of ether oxygens (including phenoxy) is 1. The maximum Gasteiger partial charge on any atom is 0.274 e. The Morgan fingerprint density at radius 1 is 1.36 bits per heavy atom. The lowest BCUT2D eigenvalue weighted by molar-refractivity contribution is 0.0773. The van der Waals surface area contributed by atoms with Gasteiger partial charge in [0.1, 0.15) is 12.4 Å². The van der Waals surface area contributed by atoms with E-state index in [2.05, 4.69) is 17.1 Å². The Hall–Kier alpha value is -2.15. The van der Waals surface area contributed by atoms with Gasteiger partial charge in [-0.15, -0.1) is 0 Å². The van der Waals surface area contributed by atoms with E-state index in [9.17, 15) is 4.79 Å². The van der Waals surface area contributed by atoms with Crippen LogP contribution in [0, 0.1) is 13.8 Å². The summed E-state index contributed by atoms with van der Waals surface area (Å²) in [5.74, 6) is -0.113. The number of hydrogen-bond donors (Lipinski definition) is 0. The first-order valence-electron chi connectivity index (χ1n) is 7.28. The van der Waals surface area contributed by atoms with Gasteiger partial charge in [0.05, 0.1) is 5.69 Å². The third-order valence-corrected chi connectivity index (χ3v) is 3.69. The fourth-order valence-corrected chi connectivity index (χ4v) is 2.46. The van der Waals surface area contributed by atoms with Gasteiger partial charge in [0.2, 0.25) is 0 Å². The molecule has 0 aliphatic heterocycles. The molecule has 0 N–H and O–H groups in total. The van der Waals surface area contributed by atoms with Crippen LogP contribution >= 0.6 is 0 Å². The first-order valence-corrected chi connectivity index (χ1v) is 7.28. The molecule has 2 rings (SSSR count). The van der Waals surface area contributed by atoms with E-state index in [1.807, 2.05) is 18.5 Å². The smallest absolute Gasteiger partial charge is 0.274 e. The third-order valence-electron chi connectivity index (χ3n) is 3.69. The van der Waals surface area contributed by atoms with Gasteiger partial charge in [0.25, 0.3) is 5.91 Å². The number of amides is 1. The predicted octanol–water partition coefficient (Wildman–Crippen LogP) is 1.59. The molecule has 0 saturated carbocycles. The lowest BCUT2D eigenvalue weighted by atomic mass is 10.2. The highest BCUT2D eigenvalue weighted by Gasteiger charge is 2.19. The topological polar surface area (TPSA) is 65.2 Å². The van der Waals surface area contributed by atoms with E-state index in [4.69, 9.17) is 4.74 Å². The maximum absolute atomic E-state index is 12.4. The molecule has 0 aromatic carbocycles. The number of carbonyl (C=O) groups is 1. The summed E-state index contributed by atoms with van der Waals surface area (Å²) in [7, 11) is 3.37. The molecule has 0 aliphatic carbocycles. The Balaban J connectivity index is 2.12. The molecule has 22 heavy (non-hydrogen) atoms. The molecule has 0 aliphatic rings. The van der Waals surface area contributed by atoms with Crippen molar-refractivity contribution in [1.82, 2.24) is 24.5 Å². The highest BCUT2D eigenvalue weighted by atomic mass is 16.5. The van der Waals surface area contributed by atoms with Crippen LogP contribution in [0.5, 0.6) is 0 Å². The second-order valence-corrected chi connectivity index (χ2v) is 5.28. The number of methoxy groups -OCH3 is 1. The molecule has 0 atom stereocenters. The molecule has 1 amide bonds. The van der Waals surface area contributed by atoms with Crippen molar-refractivity contribution in [1.29, 1.82) is 0 Å². The van der Waals surface area contributed by atoms with Crippen molar-refractivity contribution >= 4 is 5.91 Å². The van der Waals surface area contributed by atoms with Crippen LogP contribution < -0.4 is 0 Å². The van der Waals surface area contributed by atoms with E-state index in [1.54, 1.807) is 36.0 Å². The predicted molar refractivity (Wildman–Crippen MR) is 82.4 cm³/mol. The lowest BCUT2D eigenvalue weighted by Crippen LogP contribution is -2.27. The van der Waals surface area contributed by atoms with Crippen molar-refractivity contribution in [2.45, 2.75) is 40.6 Å². The van der Waals surface area contributed by atoms with Crippen LogP contribution in [0.3, 0.4) is 0 Å². The van der Waals surface area contributed by atoms with Crippen LogP contribution in [0.25, 0.3) is 0 Å². The highest BCUT2D eigenvalue weighted by Crippen LogP contribution is 2.16. The third kappa shape index (κ3) is 3.19. The highest BCUT2D eigenvalue weighted by molar-refractivity contribution is 5.92. The van der Waals surface area contributed by atoms with E-state index in [1.165, 1.54) is 0 Å². The van der Waals surface area contributed by atoms with Crippen molar-refractivity contribution in [2.24, 2.45) is 0 Å².